The van der Waals surface area contributed by atoms with Crippen LogP contribution in [0, 0.1) is 6.92 Å². The van der Waals surface area contributed by atoms with Gasteiger partial charge in [-0.25, -0.2) is 18.1 Å². The molecule has 1 aromatic heterocycles. The summed E-state index contributed by atoms with van der Waals surface area (Å²) in [6.07, 6.45) is 3.08. The highest BCUT2D eigenvalue weighted by Gasteiger charge is 2.17. The summed E-state index contributed by atoms with van der Waals surface area (Å²) in [7, 11) is -3.55. The van der Waals surface area contributed by atoms with E-state index in [9.17, 15) is 8.42 Å². The number of nitrogens with one attached hydrogen (secondary N) is 2. The van der Waals surface area contributed by atoms with Crippen LogP contribution < -0.4 is 10.5 Å². The fourth-order valence-electron chi connectivity index (χ4n) is 1.69. The van der Waals surface area contributed by atoms with Gasteiger partial charge in [0, 0.05) is 18.4 Å². The zero-order valence-corrected chi connectivity index (χ0v) is 11.4. The number of nitrogens with zero attached hydrogens (tertiary/aromatic N) is 1. The van der Waals surface area contributed by atoms with E-state index in [2.05, 4.69) is 14.7 Å². The van der Waals surface area contributed by atoms with Crippen molar-refractivity contribution < 1.29 is 8.42 Å². The summed E-state index contributed by atoms with van der Waals surface area (Å²) < 4.78 is 27.0. The smallest absolute Gasteiger partial charge is 0.241 e. The number of aromatic nitrogens is 2. The van der Waals surface area contributed by atoms with E-state index in [-0.39, 0.29) is 11.4 Å². The van der Waals surface area contributed by atoms with Crippen LogP contribution in [0.25, 0.3) is 0 Å². The molecule has 7 heteroatoms. The fourth-order valence-corrected chi connectivity index (χ4v) is 2.99. The molecule has 2 rings (SSSR count). The monoisotopic (exact) mass is 280 g/mol. The molecule has 6 nitrogen and oxygen atoms in total. The Morgan fingerprint density at radius 3 is 2.84 bits per heavy atom. The SMILES string of the molecule is Cc1ccc(CN)cc1S(=O)(=O)NCc1cnc[nH]1. The number of hydrogen-bond donors (Lipinski definition) is 3. The average Bonchev–Trinajstić information content (AvgIpc) is 2.90. The number of rotatable bonds is 5. The van der Waals surface area contributed by atoms with Gasteiger partial charge >= 0.3 is 0 Å². The molecule has 0 unspecified atom stereocenters. The molecule has 4 N–H and O–H groups in total. The van der Waals surface area contributed by atoms with Crippen LogP contribution in [-0.4, -0.2) is 18.4 Å². The molecule has 0 saturated carbocycles. The largest absolute Gasteiger partial charge is 0.347 e. The van der Waals surface area contributed by atoms with Gasteiger partial charge in [0.25, 0.3) is 0 Å². The van der Waals surface area contributed by atoms with E-state index in [1.807, 2.05) is 6.07 Å². The van der Waals surface area contributed by atoms with Gasteiger partial charge in [0.1, 0.15) is 0 Å². The van der Waals surface area contributed by atoms with Crippen molar-refractivity contribution in [2.24, 2.45) is 5.73 Å². The van der Waals surface area contributed by atoms with Gasteiger partial charge in [-0.3, -0.25) is 0 Å². The standard InChI is InChI=1S/C12H16N4O2S/c1-9-2-3-10(5-13)4-12(9)19(17,18)16-7-11-6-14-8-15-11/h2-4,6,8,16H,5,7,13H2,1H3,(H,14,15). The predicted molar refractivity (Wildman–Crippen MR) is 71.7 cm³/mol. The van der Waals surface area contributed by atoms with Gasteiger partial charge in [0.2, 0.25) is 10.0 Å². The van der Waals surface area contributed by atoms with Crippen LogP contribution in [0.3, 0.4) is 0 Å². The Morgan fingerprint density at radius 2 is 2.21 bits per heavy atom. The van der Waals surface area contributed by atoms with Gasteiger partial charge in [-0.2, -0.15) is 0 Å². The lowest BCUT2D eigenvalue weighted by Gasteiger charge is -2.10. The van der Waals surface area contributed by atoms with E-state index in [1.165, 1.54) is 6.33 Å². The van der Waals surface area contributed by atoms with E-state index in [0.717, 1.165) is 5.56 Å². The number of hydrogen-bond acceptors (Lipinski definition) is 4. The summed E-state index contributed by atoms with van der Waals surface area (Å²) in [5.74, 6) is 0. The minimum Gasteiger partial charge on any atom is -0.347 e. The van der Waals surface area contributed by atoms with Gasteiger partial charge in [0.15, 0.2) is 0 Å². The minimum absolute atomic E-state index is 0.175. The summed E-state index contributed by atoms with van der Waals surface area (Å²) in [5.41, 5.74) is 7.71. The van der Waals surface area contributed by atoms with Crippen molar-refractivity contribution in [2.45, 2.75) is 24.9 Å². The molecular formula is C12H16N4O2S. The Kier molecular flexibility index (Phi) is 3.98. The molecule has 0 amide bonds. The topological polar surface area (TPSA) is 101 Å². The molecule has 0 atom stereocenters. The lowest BCUT2D eigenvalue weighted by Crippen LogP contribution is -2.24. The molecule has 0 radical (unpaired) electrons. The van der Waals surface area contributed by atoms with E-state index >= 15 is 0 Å². The Hall–Kier alpha value is -1.70. The molecule has 19 heavy (non-hydrogen) atoms. The normalized spacial score (nSPS) is 11.7. The van der Waals surface area contributed by atoms with Crippen LogP contribution in [0.4, 0.5) is 0 Å². The van der Waals surface area contributed by atoms with E-state index in [1.54, 1.807) is 25.3 Å². The lowest BCUT2D eigenvalue weighted by atomic mass is 10.1. The fraction of sp³-hybridized carbons (Fsp3) is 0.250. The van der Waals surface area contributed by atoms with E-state index in [4.69, 9.17) is 5.73 Å². The Morgan fingerprint density at radius 1 is 1.42 bits per heavy atom. The molecule has 0 aliphatic rings. The number of nitrogens with two attached hydrogens (primary N) is 1. The van der Waals surface area contributed by atoms with Crippen LogP contribution in [0.1, 0.15) is 16.8 Å². The van der Waals surface area contributed by atoms with E-state index in [0.29, 0.717) is 17.8 Å². The maximum atomic E-state index is 12.2. The first-order chi connectivity index (χ1) is 9.03. The second-order valence-electron chi connectivity index (χ2n) is 4.21. The predicted octanol–water partition coefficient (Wildman–Crippen LogP) is 0.655. The maximum absolute atomic E-state index is 12.2. The highest BCUT2D eigenvalue weighted by atomic mass is 32.2. The van der Waals surface area contributed by atoms with Crippen molar-refractivity contribution in [3.8, 4) is 0 Å². The van der Waals surface area contributed by atoms with Crippen molar-refractivity contribution >= 4 is 10.0 Å². The van der Waals surface area contributed by atoms with Crippen LogP contribution in [0.15, 0.2) is 35.6 Å². The first-order valence-corrected chi connectivity index (χ1v) is 7.28. The van der Waals surface area contributed by atoms with Gasteiger partial charge < -0.3 is 10.7 Å². The third-order valence-electron chi connectivity index (χ3n) is 2.79. The zero-order chi connectivity index (χ0) is 13.9. The van der Waals surface area contributed by atoms with Crippen LogP contribution in [0.2, 0.25) is 0 Å². The van der Waals surface area contributed by atoms with Crippen LogP contribution >= 0.6 is 0 Å². The zero-order valence-electron chi connectivity index (χ0n) is 10.6. The molecule has 0 fully saturated rings. The molecule has 0 spiro atoms. The molecule has 2 aromatic rings. The summed E-state index contributed by atoms with van der Waals surface area (Å²) in [6.45, 7) is 2.24. The van der Waals surface area contributed by atoms with Crippen LogP contribution in [0.5, 0.6) is 0 Å². The van der Waals surface area contributed by atoms with Crippen molar-refractivity contribution in [2.75, 3.05) is 0 Å². The Labute approximate surface area is 112 Å². The molecule has 0 bridgehead atoms. The number of H-pyrrole nitrogens is 1. The van der Waals surface area contributed by atoms with Crippen molar-refractivity contribution in [1.82, 2.24) is 14.7 Å². The van der Waals surface area contributed by atoms with Crippen molar-refractivity contribution in [3.05, 3.63) is 47.5 Å². The summed E-state index contributed by atoms with van der Waals surface area (Å²) in [5, 5.41) is 0. The maximum Gasteiger partial charge on any atom is 0.241 e. The number of aromatic amines is 1. The molecular weight excluding hydrogens is 264 g/mol. The second-order valence-corrected chi connectivity index (χ2v) is 5.94. The number of imidazole rings is 1. The Balaban J connectivity index is 2.23. The van der Waals surface area contributed by atoms with Gasteiger partial charge in [-0.05, 0) is 24.1 Å². The highest BCUT2D eigenvalue weighted by Crippen LogP contribution is 2.17. The Bertz CT molecular complexity index is 650. The highest BCUT2D eigenvalue weighted by molar-refractivity contribution is 7.89. The summed E-state index contributed by atoms with van der Waals surface area (Å²) in [4.78, 5) is 6.93. The molecule has 0 aliphatic heterocycles. The first-order valence-electron chi connectivity index (χ1n) is 5.79. The second kappa shape index (κ2) is 5.52. The van der Waals surface area contributed by atoms with Crippen LogP contribution in [-0.2, 0) is 23.1 Å². The van der Waals surface area contributed by atoms with E-state index < -0.39 is 10.0 Å². The molecule has 1 aromatic carbocycles. The van der Waals surface area contributed by atoms with Gasteiger partial charge in [0.05, 0.1) is 17.8 Å². The molecule has 1 heterocycles. The quantitative estimate of drug-likeness (QED) is 0.748. The molecule has 0 aliphatic carbocycles. The number of benzene rings is 1. The third-order valence-corrected chi connectivity index (χ3v) is 4.33. The number of aryl methyl sites for hydroxylation is 1. The summed E-state index contributed by atoms with van der Waals surface area (Å²) in [6, 6.07) is 5.18. The third kappa shape index (κ3) is 3.19. The minimum atomic E-state index is -3.55. The average molecular weight is 280 g/mol. The van der Waals surface area contributed by atoms with Crippen molar-refractivity contribution in [3.63, 3.8) is 0 Å². The number of sulfonamides is 1. The molecule has 102 valence electrons. The molecule has 0 saturated heterocycles. The van der Waals surface area contributed by atoms with Gasteiger partial charge in [-0.1, -0.05) is 12.1 Å². The first kappa shape index (κ1) is 13.7. The van der Waals surface area contributed by atoms with Crippen molar-refractivity contribution in [1.29, 1.82) is 0 Å². The lowest BCUT2D eigenvalue weighted by molar-refractivity contribution is 0.580. The van der Waals surface area contributed by atoms with Gasteiger partial charge in [-0.15, -0.1) is 0 Å². The summed E-state index contributed by atoms with van der Waals surface area (Å²) >= 11 is 0.